The van der Waals surface area contributed by atoms with E-state index < -0.39 is 11.7 Å². The lowest BCUT2D eigenvalue weighted by molar-refractivity contribution is -0.137. The summed E-state index contributed by atoms with van der Waals surface area (Å²) in [6, 6.07) is 11.9. The zero-order chi connectivity index (χ0) is 23.4. The zero-order valence-corrected chi connectivity index (χ0v) is 19.5. The van der Waals surface area contributed by atoms with Crippen LogP contribution in [0.15, 0.2) is 52.3 Å². The highest BCUT2D eigenvalue weighted by Crippen LogP contribution is 2.49. The lowest BCUT2D eigenvalue weighted by Gasteiger charge is -2.36. The molecule has 0 unspecified atom stereocenters. The number of rotatable bonds is 7. The average molecular weight is 479 g/mol. The van der Waals surface area contributed by atoms with Gasteiger partial charge < -0.3 is 15.1 Å². The van der Waals surface area contributed by atoms with Gasteiger partial charge in [0.15, 0.2) is 0 Å². The van der Waals surface area contributed by atoms with E-state index in [4.69, 9.17) is 0 Å². The van der Waals surface area contributed by atoms with E-state index in [1.165, 1.54) is 30.8 Å². The van der Waals surface area contributed by atoms with Gasteiger partial charge in [-0.25, -0.2) is 0 Å². The fourth-order valence-corrected chi connectivity index (χ4v) is 5.40. The van der Waals surface area contributed by atoms with Crippen LogP contribution in [0, 0.1) is 0 Å². The van der Waals surface area contributed by atoms with Crippen molar-refractivity contribution in [2.24, 2.45) is 0 Å². The SMILES string of the molecule is CC(=O)NCCN1CCN(CCCN2c3ccccc3Sc3ccc(C(F)(F)F)cc32)CC1. The summed E-state index contributed by atoms with van der Waals surface area (Å²) in [5.41, 5.74) is 0.995. The van der Waals surface area contributed by atoms with E-state index in [9.17, 15) is 18.0 Å². The predicted octanol–water partition coefficient (Wildman–Crippen LogP) is 4.45. The second kappa shape index (κ2) is 10.4. The molecule has 2 aromatic carbocycles. The molecule has 178 valence electrons. The molecule has 2 aliphatic rings. The van der Waals surface area contributed by atoms with E-state index in [0.29, 0.717) is 18.8 Å². The molecule has 0 aromatic heterocycles. The molecular formula is C24H29F3N4OS. The van der Waals surface area contributed by atoms with Gasteiger partial charge in [0.05, 0.1) is 16.9 Å². The number of nitrogens with one attached hydrogen (secondary N) is 1. The Morgan fingerprint density at radius 2 is 1.61 bits per heavy atom. The monoisotopic (exact) mass is 478 g/mol. The van der Waals surface area contributed by atoms with Crippen LogP contribution in [-0.2, 0) is 11.0 Å². The number of hydrogen-bond donors (Lipinski definition) is 1. The number of alkyl halides is 3. The first-order valence-electron chi connectivity index (χ1n) is 11.3. The van der Waals surface area contributed by atoms with E-state index in [0.717, 1.165) is 61.2 Å². The number of nitrogens with zero attached hydrogens (tertiary/aromatic N) is 3. The number of amides is 1. The topological polar surface area (TPSA) is 38.8 Å². The molecule has 1 amide bonds. The molecule has 9 heteroatoms. The molecule has 0 atom stereocenters. The third-order valence-corrected chi connectivity index (χ3v) is 7.21. The largest absolute Gasteiger partial charge is 0.416 e. The summed E-state index contributed by atoms with van der Waals surface area (Å²) in [6.45, 7) is 8.45. The summed E-state index contributed by atoms with van der Waals surface area (Å²) < 4.78 is 40.1. The van der Waals surface area contributed by atoms with E-state index >= 15 is 0 Å². The Kier molecular flexibility index (Phi) is 7.51. The van der Waals surface area contributed by atoms with Gasteiger partial charge in [0, 0.05) is 62.5 Å². The summed E-state index contributed by atoms with van der Waals surface area (Å²) in [5.74, 6) is -0.00440. The maximum atomic E-state index is 13.4. The Morgan fingerprint density at radius 1 is 0.939 bits per heavy atom. The van der Waals surface area contributed by atoms with Gasteiger partial charge in [0.2, 0.25) is 5.91 Å². The van der Waals surface area contributed by atoms with Gasteiger partial charge in [0.1, 0.15) is 0 Å². The Morgan fingerprint density at radius 3 is 2.30 bits per heavy atom. The van der Waals surface area contributed by atoms with Crippen LogP contribution >= 0.6 is 11.8 Å². The van der Waals surface area contributed by atoms with Crippen molar-refractivity contribution in [3.63, 3.8) is 0 Å². The van der Waals surface area contributed by atoms with Crippen molar-refractivity contribution in [2.45, 2.75) is 29.3 Å². The number of fused-ring (bicyclic) bond motifs is 2. The van der Waals surface area contributed by atoms with Crippen LogP contribution in [0.2, 0.25) is 0 Å². The number of benzene rings is 2. The molecule has 4 rings (SSSR count). The summed E-state index contributed by atoms with van der Waals surface area (Å²) in [4.78, 5) is 19.7. The normalized spacial score (nSPS) is 16.9. The lowest BCUT2D eigenvalue weighted by atomic mass is 10.1. The number of halogens is 3. The molecule has 0 bridgehead atoms. The quantitative estimate of drug-likeness (QED) is 0.637. The molecule has 0 aliphatic carbocycles. The Labute approximate surface area is 196 Å². The van der Waals surface area contributed by atoms with Crippen LogP contribution in [0.4, 0.5) is 24.5 Å². The number of piperazine rings is 1. The second-order valence-corrected chi connectivity index (χ2v) is 9.51. The van der Waals surface area contributed by atoms with E-state index in [2.05, 4.69) is 15.1 Å². The van der Waals surface area contributed by atoms with Crippen molar-refractivity contribution in [2.75, 3.05) is 57.3 Å². The third-order valence-electron chi connectivity index (χ3n) is 6.08. The van der Waals surface area contributed by atoms with Crippen LogP contribution in [0.3, 0.4) is 0 Å². The van der Waals surface area contributed by atoms with Gasteiger partial charge in [0.25, 0.3) is 0 Å². The first kappa shape index (κ1) is 23.9. The molecule has 1 saturated heterocycles. The molecule has 2 aliphatic heterocycles. The third kappa shape index (κ3) is 6.02. The zero-order valence-electron chi connectivity index (χ0n) is 18.7. The van der Waals surface area contributed by atoms with Crippen molar-refractivity contribution in [1.82, 2.24) is 15.1 Å². The average Bonchev–Trinajstić information content (AvgIpc) is 2.78. The van der Waals surface area contributed by atoms with Crippen molar-refractivity contribution in [1.29, 1.82) is 0 Å². The number of carbonyl (C=O) groups excluding carboxylic acids is 1. The summed E-state index contributed by atoms with van der Waals surface area (Å²) >= 11 is 1.52. The van der Waals surface area contributed by atoms with Crippen molar-refractivity contribution >= 4 is 29.0 Å². The predicted molar refractivity (Wildman–Crippen MR) is 125 cm³/mol. The van der Waals surface area contributed by atoms with Gasteiger partial charge in [-0.15, -0.1) is 0 Å². The maximum Gasteiger partial charge on any atom is 0.416 e. The Bertz CT molecular complexity index is 976. The molecule has 33 heavy (non-hydrogen) atoms. The highest BCUT2D eigenvalue weighted by molar-refractivity contribution is 7.99. The van der Waals surface area contributed by atoms with Crippen LogP contribution in [0.1, 0.15) is 18.9 Å². The molecule has 1 N–H and O–H groups in total. The minimum atomic E-state index is -4.36. The van der Waals surface area contributed by atoms with Gasteiger partial charge in [-0.05, 0) is 43.3 Å². The molecule has 2 heterocycles. The molecule has 0 radical (unpaired) electrons. The fourth-order valence-electron chi connectivity index (χ4n) is 4.33. The van der Waals surface area contributed by atoms with Crippen molar-refractivity contribution in [3.05, 3.63) is 48.0 Å². The second-order valence-electron chi connectivity index (χ2n) is 8.42. The van der Waals surface area contributed by atoms with E-state index in [1.807, 2.05) is 29.2 Å². The minimum absolute atomic E-state index is 0.00440. The standard InChI is InChI=1S/C24H29F3N4OS/c1-18(32)28-9-12-30-15-13-29(14-16-30)10-4-11-31-20-5-2-3-6-22(20)33-23-8-7-19(17-21(23)31)24(25,26)27/h2-3,5-8,17H,4,9-16H2,1H3,(H,28,32). The Balaban J connectivity index is 1.37. The molecule has 5 nitrogen and oxygen atoms in total. The molecule has 1 fully saturated rings. The maximum absolute atomic E-state index is 13.4. The first-order valence-corrected chi connectivity index (χ1v) is 12.1. The van der Waals surface area contributed by atoms with Gasteiger partial charge in [-0.1, -0.05) is 23.9 Å². The molecule has 0 saturated carbocycles. The summed E-state index contributed by atoms with van der Waals surface area (Å²) in [7, 11) is 0. The summed E-state index contributed by atoms with van der Waals surface area (Å²) in [5, 5.41) is 2.83. The molecule has 0 spiro atoms. The Hall–Kier alpha value is -2.23. The van der Waals surface area contributed by atoms with Crippen LogP contribution < -0.4 is 10.2 Å². The molecular weight excluding hydrogens is 449 g/mol. The first-order chi connectivity index (χ1) is 15.8. The van der Waals surface area contributed by atoms with Crippen molar-refractivity contribution < 1.29 is 18.0 Å². The van der Waals surface area contributed by atoms with E-state index in [1.54, 1.807) is 6.07 Å². The smallest absolute Gasteiger partial charge is 0.355 e. The highest BCUT2D eigenvalue weighted by Gasteiger charge is 2.33. The number of carbonyl (C=O) groups is 1. The fraction of sp³-hybridized carbons (Fsp3) is 0.458. The van der Waals surface area contributed by atoms with Crippen LogP contribution in [-0.4, -0.2) is 68.1 Å². The van der Waals surface area contributed by atoms with Gasteiger partial charge in [-0.3, -0.25) is 9.69 Å². The van der Waals surface area contributed by atoms with Crippen molar-refractivity contribution in [3.8, 4) is 0 Å². The van der Waals surface area contributed by atoms with Gasteiger partial charge >= 0.3 is 6.18 Å². The lowest BCUT2D eigenvalue weighted by Crippen LogP contribution is -2.48. The highest BCUT2D eigenvalue weighted by atomic mass is 32.2. The minimum Gasteiger partial charge on any atom is -0.355 e. The number of anilines is 2. The molecule has 2 aromatic rings. The van der Waals surface area contributed by atoms with Crippen LogP contribution in [0.25, 0.3) is 0 Å². The van der Waals surface area contributed by atoms with Crippen LogP contribution in [0.5, 0.6) is 0 Å². The number of para-hydroxylation sites is 1. The van der Waals surface area contributed by atoms with E-state index in [-0.39, 0.29) is 5.91 Å². The van der Waals surface area contributed by atoms with Gasteiger partial charge in [-0.2, -0.15) is 13.2 Å². The summed E-state index contributed by atoms with van der Waals surface area (Å²) in [6.07, 6.45) is -3.50. The number of hydrogen-bond acceptors (Lipinski definition) is 5.